The van der Waals surface area contributed by atoms with Gasteiger partial charge in [0.2, 0.25) is 5.91 Å². The number of thioether (sulfide) groups is 1. The van der Waals surface area contributed by atoms with Gasteiger partial charge < -0.3 is 11.1 Å². The minimum Gasteiger partial charge on any atom is -0.353 e. The molecule has 0 aliphatic heterocycles. The lowest BCUT2D eigenvalue weighted by atomic mass is 10.2. The predicted molar refractivity (Wildman–Crippen MR) is 68.1 cm³/mol. The van der Waals surface area contributed by atoms with Gasteiger partial charge in [-0.15, -0.1) is 11.8 Å². The van der Waals surface area contributed by atoms with Crippen molar-refractivity contribution in [3.8, 4) is 0 Å². The molecule has 0 spiro atoms. The van der Waals surface area contributed by atoms with E-state index in [9.17, 15) is 4.79 Å². The van der Waals surface area contributed by atoms with Crippen LogP contribution in [0.4, 0.5) is 0 Å². The van der Waals surface area contributed by atoms with Crippen molar-refractivity contribution in [3.05, 3.63) is 0 Å². The van der Waals surface area contributed by atoms with Gasteiger partial charge in [-0.2, -0.15) is 0 Å². The van der Waals surface area contributed by atoms with Crippen LogP contribution in [0.2, 0.25) is 0 Å². The van der Waals surface area contributed by atoms with E-state index in [1.165, 1.54) is 0 Å². The average molecular weight is 232 g/mol. The molecule has 3 N–H and O–H groups in total. The molecule has 0 rings (SSSR count). The quantitative estimate of drug-likeness (QED) is 0.670. The fourth-order valence-corrected chi connectivity index (χ4v) is 2.18. The lowest BCUT2D eigenvalue weighted by Gasteiger charge is -2.14. The first kappa shape index (κ1) is 14.8. The van der Waals surface area contributed by atoms with Gasteiger partial charge in [0, 0.05) is 11.3 Å². The summed E-state index contributed by atoms with van der Waals surface area (Å²) < 4.78 is 0. The van der Waals surface area contributed by atoms with Gasteiger partial charge >= 0.3 is 0 Å². The van der Waals surface area contributed by atoms with Gasteiger partial charge in [0.1, 0.15) is 0 Å². The molecule has 90 valence electrons. The van der Waals surface area contributed by atoms with Crippen molar-refractivity contribution in [1.29, 1.82) is 0 Å². The van der Waals surface area contributed by atoms with Crippen LogP contribution in [0.25, 0.3) is 0 Å². The molecule has 4 heteroatoms. The van der Waals surface area contributed by atoms with Crippen LogP contribution >= 0.6 is 11.8 Å². The Labute approximate surface area is 97.6 Å². The average Bonchev–Trinajstić information content (AvgIpc) is 2.15. The van der Waals surface area contributed by atoms with Gasteiger partial charge in [-0.05, 0) is 26.3 Å². The smallest absolute Gasteiger partial charge is 0.230 e. The monoisotopic (exact) mass is 232 g/mol. The van der Waals surface area contributed by atoms with Gasteiger partial charge in [0.15, 0.2) is 0 Å². The number of nitrogens with two attached hydrogens (primary N) is 1. The van der Waals surface area contributed by atoms with E-state index in [-0.39, 0.29) is 5.91 Å². The zero-order valence-electron chi connectivity index (χ0n) is 10.1. The van der Waals surface area contributed by atoms with Crippen LogP contribution in [0.5, 0.6) is 0 Å². The van der Waals surface area contributed by atoms with Crippen molar-refractivity contribution >= 4 is 17.7 Å². The zero-order chi connectivity index (χ0) is 11.7. The van der Waals surface area contributed by atoms with E-state index in [2.05, 4.69) is 26.1 Å². The molecule has 3 nitrogen and oxygen atoms in total. The molecule has 0 saturated heterocycles. The second-order valence-corrected chi connectivity index (χ2v) is 5.38. The Morgan fingerprint density at radius 2 is 2.07 bits per heavy atom. The molecular weight excluding hydrogens is 208 g/mol. The zero-order valence-corrected chi connectivity index (χ0v) is 10.9. The fourth-order valence-electron chi connectivity index (χ4n) is 1.36. The third-order valence-corrected chi connectivity index (χ3v) is 3.43. The molecule has 2 unspecified atom stereocenters. The minimum absolute atomic E-state index is 0.143. The van der Waals surface area contributed by atoms with E-state index >= 15 is 0 Å². The second kappa shape index (κ2) is 9.04. The lowest BCUT2D eigenvalue weighted by molar-refractivity contribution is -0.119. The van der Waals surface area contributed by atoms with Crippen LogP contribution in [0.1, 0.15) is 40.0 Å². The van der Waals surface area contributed by atoms with Crippen LogP contribution in [-0.2, 0) is 4.79 Å². The van der Waals surface area contributed by atoms with Gasteiger partial charge in [0.05, 0.1) is 5.75 Å². The highest BCUT2D eigenvalue weighted by atomic mass is 32.2. The lowest BCUT2D eigenvalue weighted by Crippen LogP contribution is -2.34. The first-order valence-corrected chi connectivity index (χ1v) is 6.76. The van der Waals surface area contributed by atoms with Crippen LogP contribution in [0, 0.1) is 0 Å². The minimum atomic E-state index is 0.143. The Bertz CT molecular complexity index is 176. The number of hydrogen-bond acceptors (Lipinski definition) is 3. The van der Waals surface area contributed by atoms with Gasteiger partial charge in [0.25, 0.3) is 0 Å². The first-order valence-electron chi connectivity index (χ1n) is 5.71. The molecule has 0 aliphatic rings. The topological polar surface area (TPSA) is 55.1 Å². The summed E-state index contributed by atoms with van der Waals surface area (Å²) >= 11 is 1.68. The molecular formula is C11H24N2OS. The molecule has 0 heterocycles. The van der Waals surface area contributed by atoms with Gasteiger partial charge in [-0.3, -0.25) is 4.79 Å². The Kier molecular flexibility index (Phi) is 8.91. The van der Waals surface area contributed by atoms with Crippen LogP contribution < -0.4 is 11.1 Å². The largest absolute Gasteiger partial charge is 0.353 e. The van der Waals surface area contributed by atoms with E-state index in [1.54, 1.807) is 11.8 Å². The van der Waals surface area contributed by atoms with Crippen molar-refractivity contribution in [1.82, 2.24) is 5.32 Å². The maximum absolute atomic E-state index is 11.5. The summed E-state index contributed by atoms with van der Waals surface area (Å²) in [5, 5.41) is 3.46. The number of nitrogens with one attached hydrogen (secondary N) is 1. The van der Waals surface area contributed by atoms with E-state index in [1.807, 2.05) is 0 Å². The summed E-state index contributed by atoms with van der Waals surface area (Å²) in [6.07, 6.45) is 3.13. The molecule has 15 heavy (non-hydrogen) atoms. The van der Waals surface area contributed by atoms with Crippen molar-refractivity contribution in [3.63, 3.8) is 0 Å². The molecule has 0 saturated carbocycles. The molecule has 0 aromatic rings. The maximum Gasteiger partial charge on any atom is 0.230 e. The summed E-state index contributed by atoms with van der Waals surface area (Å²) in [6, 6.07) is 0.299. The summed E-state index contributed by atoms with van der Waals surface area (Å²) in [7, 11) is 0. The summed E-state index contributed by atoms with van der Waals surface area (Å²) in [4.78, 5) is 11.5. The normalized spacial score (nSPS) is 14.7. The standard InChI is InChI=1S/C11H24N2OS/c1-4-5-9(2)13-11(14)8-15-10(3)6-7-12/h9-10H,4-8,12H2,1-3H3,(H,13,14). The fraction of sp³-hybridized carbons (Fsp3) is 0.909. The van der Waals surface area contributed by atoms with Crippen molar-refractivity contribution in [2.24, 2.45) is 5.73 Å². The molecule has 2 atom stereocenters. The molecule has 0 aromatic carbocycles. The third kappa shape index (κ3) is 8.75. The van der Waals surface area contributed by atoms with Crippen molar-refractivity contribution in [2.75, 3.05) is 12.3 Å². The highest BCUT2D eigenvalue weighted by Gasteiger charge is 2.08. The van der Waals surface area contributed by atoms with E-state index in [0.29, 0.717) is 23.6 Å². The molecule has 0 aromatic heterocycles. The second-order valence-electron chi connectivity index (χ2n) is 3.96. The van der Waals surface area contributed by atoms with Crippen molar-refractivity contribution < 1.29 is 4.79 Å². The SMILES string of the molecule is CCCC(C)NC(=O)CSC(C)CCN. The summed E-state index contributed by atoms with van der Waals surface area (Å²) in [6.45, 7) is 6.98. The van der Waals surface area contributed by atoms with Crippen LogP contribution in [0.3, 0.4) is 0 Å². The van der Waals surface area contributed by atoms with Crippen LogP contribution in [-0.4, -0.2) is 29.5 Å². The van der Waals surface area contributed by atoms with Crippen molar-refractivity contribution in [2.45, 2.75) is 51.3 Å². The molecule has 0 radical (unpaired) electrons. The maximum atomic E-state index is 11.5. The van der Waals surface area contributed by atoms with E-state index < -0.39 is 0 Å². The molecule has 0 bridgehead atoms. The van der Waals surface area contributed by atoms with Crippen LogP contribution in [0.15, 0.2) is 0 Å². The summed E-state index contributed by atoms with van der Waals surface area (Å²) in [5.74, 6) is 0.694. The first-order chi connectivity index (χ1) is 7.10. The number of rotatable bonds is 8. The Balaban J connectivity index is 3.56. The molecule has 0 fully saturated rings. The van der Waals surface area contributed by atoms with E-state index in [4.69, 9.17) is 5.73 Å². The van der Waals surface area contributed by atoms with Gasteiger partial charge in [-0.25, -0.2) is 0 Å². The summed E-state index contributed by atoms with van der Waals surface area (Å²) in [5.41, 5.74) is 5.44. The Hall–Kier alpha value is -0.220. The number of amides is 1. The number of hydrogen-bond donors (Lipinski definition) is 2. The van der Waals surface area contributed by atoms with Gasteiger partial charge in [-0.1, -0.05) is 20.3 Å². The Morgan fingerprint density at radius 1 is 1.40 bits per heavy atom. The Morgan fingerprint density at radius 3 is 2.60 bits per heavy atom. The highest BCUT2D eigenvalue weighted by Crippen LogP contribution is 2.12. The predicted octanol–water partition coefficient (Wildman–Crippen LogP) is 1.76. The molecule has 0 aliphatic carbocycles. The van der Waals surface area contributed by atoms with E-state index in [0.717, 1.165) is 19.3 Å². The molecule has 1 amide bonds. The third-order valence-electron chi connectivity index (χ3n) is 2.20. The highest BCUT2D eigenvalue weighted by molar-refractivity contribution is 8.00. The number of carbonyl (C=O) groups is 1. The number of carbonyl (C=O) groups excluding carboxylic acids is 1.